The van der Waals surface area contributed by atoms with E-state index in [2.05, 4.69) is 21.4 Å². The number of nitrogens with one attached hydrogen (secondary N) is 1. The van der Waals surface area contributed by atoms with Crippen molar-refractivity contribution >= 4 is 56.0 Å². The number of anilines is 1. The molecule has 4 nitrogen and oxygen atoms in total. The summed E-state index contributed by atoms with van der Waals surface area (Å²) in [6.07, 6.45) is 3.34. The van der Waals surface area contributed by atoms with Crippen molar-refractivity contribution in [1.82, 2.24) is 4.98 Å². The van der Waals surface area contributed by atoms with Crippen LogP contribution < -0.4 is 5.32 Å². The second-order valence-electron chi connectivity index (χ2n) is 5.37. The first-order valence-corrected chi connectivity index (χ1v) is 10.3. The van der Waals surface area contributed by atoms with E-state index in [0.717, 1.165) is 33.8 Å². The number of carbonyl (C=O) groups is 1. The van der Waals surface area contributed by atoms with Gasteiger partial charge in [0.2, 0.25) is 5.91 Å². The van der Waals surface area contributed by atoms with E-state index in [1.165, 1.54) is 34.3 Å². The number of fused-ring (bicyclic) bond motifs is 2. The van der Waals surface area contributed by atoms with E-state index in [1.807, 2.05) is 18.2 Å². The van der Waals surface area contributed by atoms with Gasteiger partial charge < -0.3 is 5.32 Å². The highest BCUT2D eigenvalue weighted by Gasteiger charge is 2.18. The number of amides is 1. The number of thiazole rings is 1. The molecule has 1 aliphatic heterocycles. The third kappa shape index (κ3) is 3.46. The first-order valence-electron chi connectivity index (χ1n) is 7.48. The highest BCUT2D eigenvalue weighted by atomic mass is 32.2. The maximum Gasteiger partial charge on any atom is 0.236 e. The lowest BCUT2D eigenvalue weighted by atomic mass is 10.2. The highest BCUT2D eigenvalue weighted by molar-refractivity contribution is 8.38. The molecule has 7 heteroatoms. The minimum absolute atomic E-state index is 0.00965. The second-order valence-corrected chi connectivity index (χ2v) is 8.64. The lowest BCUT2D eigenvalue weighted by Crippen LogP contribution is -2.15. The normalized spacial score (nSPS) is 15.7. The average Bonchev–Trinajstić information content (AvgIpc) is 3.14. The molecule has 0 fully saturated rings. The number of nitrogens with zero attached hydrogens (tertiary/aromatic N) is 2. The van der Waals surface area contributed by atoms with Crippen LogP contribution in [0.3, 0.4) is 0 Å². The molecule has 0 unspecified atom stereocenters. The summed E-state index contributed by atoms with van der Waals surface area (Å²) in [5, 5.41) is 3.65. The van der Waals surface area contributed by atoms with Gasteiger partial charge in [0, 0.05) is 10.6 Å². The predicted octanol–water partition coefficient (Wildman–Crippen LogP) is 4.24. The second kappa shape index (κ2) is 6.67. The van der Waals surface area contributed by atoms with Crippen LogP contribution >= 0.6 is 34.9 Å². The molecule has 1 amide bonds. The maximum atomic E-state index is 12.1. The Balaban J connectivity index is 1.34. The van der Waals surface area contributed by atoms with Crippen molar-refractivity contribution in [3.63, 3.8) is 0 Å². The van der Waals surface area contributed by atoms with Crippen LogP contribution in [0.2, 0.25) is 0 Å². The number of para-hydroxylation sites is 1. The minimum Gasteiger partial charge on any atom is -0.301 e. The Hall–Kier alpha value is -1.31. The Kier molecular flexibility index (Phi) is 4.41. The zero-order valence-electron chi connectivity index (χ0n) is 12.4. The molecule has 2 aromatic rings. The SMILES string of the molecule is O=C(CSC1=Nc2ccccc2CS1)Nc1nc2c(s1)CCC2. The fourth-order valence-corrected chi connectivity index (χ4v) is 5.54. The molecule has 1 aliphatic carbocycles. The van der Waals surface area contributed by atoms with Gasteiger partial charge in [0.25, 0.3) is 0 Å². The van der Waals surface area contributed by atoms with Crippen LogP contribution in [-0.4, -0.2) is 21.0 Å². The Bertz CT molecular complexity index is 763. The zero-order chi connectivity index (χ0) is 15.6. The van der Waals surface area contributed by atoms with Gasteiger partial charge in [0.1, 0.15) is 4.38 Å². The molecule has 2 heterocycles. The topological polar surface area (TPSA) is 54.4 Å². The molecule has 1 aromatic heterocycles. The maximum absolute atomic E-state index is 12.1. The van der Waals surface area contributed by atoms with Gasteiger partial charge in [0.15, 0.2) is 5.13 Å². The van der Waals surface area contributed by atoms with Crippen molar-refractivity contribution < 1.29 is 4.79 Å². The summed E-state index contributed by atoms with van der Waals surface area (Å²) in [7, 11) is 0. The summed E-state index contributed by atoms with van der Waals surface area (Å²) in [6, 6.07) is 8.15. The van der Waals surface area contributed by atoms with Crippen LogP contribution in [0.4, 0.5) is 10.8 Å². The van der Waals surface area contributed by atoms with Crippen LogP contribution in [0.15, 0.2) is 29.3 Å². The molecule has 0 radical (unpaired) electrons. The predicted molar refractivity (Wildman–Crippen MR) is 100 cm³/mol. The number of aliphatic imine (C=N–C) groups is 1. The summed E-state index contributed by atoms with van der Waals surface area (Å²) < 4.78 is 0.959. The minimum atomic E-state index is -0.00965. The Morgan fingerprint density at radius 1 is 1.30 bits per heavy atom. The van der Waals surface area contributed by atoms with Crippen LogP contribution in [0.5, 0.6) is 0 Å². The number of aryl methyl sites for hydroxylation is 2. The summed E-state index contributed by atoms with van der Waals surface area (Å²) in [5.74, 6) is 1.28. The molecule has 118 valence electrons. The van der Waals surface area contributed by atoms with Crippen LogP contribution in [0.1, 0.15) is 22.6 Å². The zero-order valence-corrected chi connectivity index (χ0v) is 14.8. The van der Waals surface area contributed by atoms with Crippen molar-refractivity contribution in [1.29, 1.82) is 0 Å². The molecule has 23 heavy (non-hydrogen) atoms. The molecule has 0 bridgehead atoms. The summed E-state index contributed by atoms with van der Waals surface area (Å²) in [6.45, 7) is 0. The van der Waals surface area contributed by atoms with Crippen LogP contribution in [0, 0.1) is 0 Å². The van der Waals surface area contributed by atoms with Gasteiger partial charge in [-0.1, -0.05) is 41.7 Å². The third-order valence-corrected chi connectivity index (χ3v) is 7.04. The summed E-state index contributed by atoms with van der Waals surface area (Å²) in [5.41, 5.74) is 3.44. The first kappa shape index (κ1) is 15.2. The Morgan fingerprint density at radius 2 is 2.22 bits per heavy atom. The van der Waals surface area contributed by atoms with E-state index >= 15 is 0 Å². The van der Waals surface area contributed by atoms with E-state index in [1.54, 1.807) is 23.1 Å². The van der Waals surface area contributed by atoms with E-state index in [4.69, 9.17) is 0 Å². The number of hydrogen-bond donors (Lipinski definition) is 1. The van der Waals surface area contributed by atoms with E-state index in [0.29, 0.717) is 5.75 Å². The van der Waals surface area contributed by atoms with Gasteiger partial charge in [-0.25, -0.2) is 9.98 Å². The van der Waals surface area contributed by atoms with E-state index in [-0.39, 0.29) is 5.91 Å². The lowest BCUT2D eigenvalue weighted by Gasteiger charge is -2.13. The van der Waals surface area contributed by atoms with Crippen molar-refractivity contribution in [2.24, 2.45) is 4.99 Å². The van der Waals surface area contributed by atoms with Crippen molar-refractivity contribution in [3.05, 3.63) is 40.4 Å². The molecule has 0 saturated carbocycles. The molecular formula is C16H15N3OS3. The molecule has 0 spiro atoms. The lowest BCUT2D eigenvalue weighted by molar-refractivity contribution is -0.113. The quantitative estimate of drug-likeness (QED) is 0.888. The number of carbonyl (C=O) groups excluding carboxylic acids is 1. The molecular weight excluding hydrogens is 346 g/mol. The van der Waals surface area contributed by atoms with Gasteiger partial charge in [-0.05, 0) is 30.9 Å². The standard InChI is InChI=1S/C16H15N3OS3/c20-14(19-15-17-12-6-3-7-13(12)23-15)9-22-16-18-11-5-2-1-4-10(11)8-21-16/h1-2,4-5H,3,6-9H2,(H,17,19,20). The molecule has 1 aromatic carbocycles. The van der Waals surface area contributed by atoms with Gasteiger partial charge in [-0.2, -0.15) is 0 Å². The van der Waals surface area contributed by atoms with Crippen molar-refractivity contribution in [3.8, 4) is 0 Å². The smallest absolute Gasteiger partial charge is 0.236 e. The number of hydrogen-bond acceptors (Lipinski definition) is 6. The first-order chi connectivity index (χ1) is 11.3. The summed E-state index contributed by atoms with van der Waals surface area (Å²) >= 11 is 4.80. The van der Waals surface area contributed by atoms with Gasteiger partial charge in [-0.3, -0.25) is 4.79 Å². The molecule has 4 rings (SSSR count). The van der Waals surface area contributed by atoms with E-state index in [9.17, 15) is 4.79 Å². The molecule has 1 N–H and O–H groups in total. The number of benzene rings is 1. The number of rotatable bonds is 3. The molecule has 0 atom stereocenters. The van der Waals surface area contributed by atoms with Crippen molar-refractivity contribution in [2.75, 3.05) is 11.1 Å². The molecule has 2 aliphatic rings. The average molecular weight is 362 g/mol. The molecule has 0 saturated heterocycles. The highest BCUT2D eigenvalue weighted by Crippen LogP contribution is 2.34. The fourth-order valence-electron chi connectivity index (χ4n) is 2.61. The van der Waals surface area contributed by atoms with Crippen molar-refractivity contribution in [2.45, 2.75) is 25.0 Å². The largest absolute Gasteiger partial charge is 0.301 e. The number of aromatic nitrogens is 1. The Labute approximate surface area is 147 Å². The van der Waals surface area contributed by atoms with Gasteiger partial charge in [-0.15, -0.1) is 11.3 Å². The monoisotopic (exact) mass is 361 g/mol. The van der Waals surface area contributed by atoms with Crippen LogP contribution in [0.25, 0.3) is 0 Å². The van der Waals surface area contributed by atoms with Crippen LogP contribution in [-0.2, 0) is 23.4 Å². The third-order valence-electron chi connectivity index (χ3n) is 3.72. The fraction of sp³-hybridized carbons (Fsp3) is 0.312. The van der Waals surface area contributed by atoms with E-state index < -0.39 is 0 Å². The van der Waals surface area contributed by atoms with Gasteiger partial charge >= 0.3 is 0 Å². The Morgan fingerprint density at radius 3 is 3.13 bits per heavy atom. The van der Waals surface area contributed by atoms with Gasteiger partial charge in [0.05, 0.1) is 17.1 Å². The number of thioether (sulfide) groups is 2. The summed E-state index contributed by atoms with van der Waals surface area (Å²) in [4.78, 5) is 22.5.